The van der Waals surface area contributed by atoms with Crippen LogP contribution in [0.1, 0.15) is 53.2 Å². The van der Waals surface area contributed by atoms with Crippen molar-refractivity contribution in [3.63, 3.8) is 0 Å². The molecule has 1 aromatic rings. The van der Waals surface area contributed by atoms with Crippen molar-refractivity contribution in [1.82, 2.24) is 9.97 Å². The molecule has 1 rings (SSSR count). The van der Waals surface area contributed by atoms with E-state index in [4.69, 9.17) is 0 Å². The normalized spacial score (nSPS) is 12.2. The van der Waals surface area contributed by atoms with Gasteiger partial charge in [-0.15, -0.1) is 0 Å². The van der Waals surface area contributed by atoms with Gasteiger partial charge in [-0.3, -0.25) is 0 Å². The predicted octanol–water partition coefficient (Wildman–Crippen LogP) is 3.69. The summed E-state index contributed by atoms with van der Waals surface area (Å²) in [5, 5.41) is 3.41. The maximum absolute atomic E-state index is 4.27. The van der Waals surface area contributed by atoms with E-state index in [1.165, 1.54) is 0 Å². The van der Waals surface area contributed by atoms with E-state index in [1.54, 1.807) is 6.33 Å². The van der Waals surface area contributed by atoms with E-state index < -0.39 is 0 Å². The van der Waals surface area contributed by atoms with Crippen molar-refractivity contribution in [2.24, 2.45) is 11.3 Å². The molecule has 0 aromatic carbocycles. The van der Waals surface area contributed by atoms with E-state index in [-0.39, 0.29) is 5.41 Å². The number of hydrogen-bond donors (Lipinski definition) is 1. The molecule has 1 aromatic heterocycles. The zero-order chi connectivity index (χ0) is 13.1. The molecule has 0 fully saturated rings. The molecule has 0 atom stereocenters. The van der Waals surface area contributed by atoms with Gasteiger partial charge in [-0.25, -0.2) is 9.97 Å². The average Bonchev–Trinajstić information content (AvgIpc) is 2.26. The van der Waals surface area contributed by atoms with Crippen molar-refractivity contribution in [2.45, 2.75) is 47.5 Å². The Kier molecular flexibility index (Phi) is 4.49. The molecule has 0 bridgehead atoms. The summed E-state index contributed by atoms with van der Waals surface area (Å²) in [6.07, 6.45) is 1.64. The van der Waals surface area contributed by atoms with E-state index >= 15 is 0 Å². The van der Waals surface area contributed by atoms with Crippen LogP contribution in [0.5, 0.6) is 0 Å². The Labute approximate surface area is 105 Å². The van der Waals surface area contributed by atoms with Crippen molar-refractivity contribution in [2.75, 3.05) is 11.9 Å². The van der Waals surface area contributed by atoms with Crippen LogP contribution in [-0.4, -0.2) is 16.5 Å². The summed E-state index contributed by atoms with van der Waals surface area (Å²) < 4.78 is 0. The number of hydrogen-bond acceptors (Lipinski definition) is 3. The fourth-order valence-electron chi connectivity index (χ4n) is 1.31. The molecule has 0 saturated carbocycles. The molecule has 0 aliphatic heterocycles. The summed E-state index contributed by atoms with van der Waals surface area (Å²) in [5.74, 6) is 2.01. The van der Waals surface area contributed by atoms with Crippen LogP contribution in [0.15, 0.2) is 12.4 Å². The molecule has 0 radical (unpaired) electrons. The van der Waals surface area contributed by atoms with Crippen LogP contribution < -0.4 is 5.32 Å². The second-order valence-corrected chi connectivity index (χ2v) is 5.98. The van der Waals surface area contributed by atoms with Crippen LogP contribution in [0.3, 0.4) is 0 Å². The Balaban J connectivity index is 2.67. The maximum Gasteiger partial charge on any atom is 0.129 e. The highest BCUT2D eigenvalue weighted by atomic mass is 15.0. The monoisotopic (exact) mass is 235 g/mol. The van der Waals surface area contributed by atoms with E-state index in [0.29, 0.717) is 11.8 Å². The molecule has 3 heteroatoms. The van der Waals surface area contributed by atoms with Crippen molar-refractivity contribution < 1.29 is 0 Å². The number of anilines is 1. The van der Waals surface area contributed by atoms with E-state index in [1.807, 2.05) is 6.07 Å². The lowest BCUT2D eigenvalue weighted by Gasteiger charge is -2.29. The Morgan fingerprint density at radius 1 is 1.18 bits per heavy atom. The molecule has 17 heavy (non-hydrogen) atoms. The zero-order valence-corrected chi connectivity index (χ0v) is 11.9. The second-order valence-electron chi connectivity index (χ2n) is 5.98. The highest BCUT2D eigenvalue weighted by Crippen LogP contribution is 2.26. The number of rotatable bonds is 5. The van der Waals surface area contributed by atoms with Crippen LogP contribution in [0.4, 0.5) is 5.82 Å². The van der Waals surface area contributed by atoms with Gasteiger partial charge in [-0.05, 0) is 17.3 Å². The average molecular weight is 235 g/mol. The Morgan fingerprint density at radius 2 is 1.82 bits per heavy atom. The van der Waals surface area contributed by atoms with Crippen LogP contribution in [0.2, 0.25) is 0 Å². The van der Waals surface area contributed by atoms with Gasteiger partial charge in [-0.1, -0.05) is 41.5 Å². The molecule has 0 aliphatic carbocycles. The summed E-state index contributed by atoms with van der Waals surface area (Å²) in [4.78, 5) is 8.53. The van der Waals surface area contributed by atoms with Crippen molar-refractivity contribution in [3.05, 3.63) is 18.1 Å². The predicted molar refractivity (Wildman–Crippen MR) is 73.2 cm³/mol. The first-order valence-corrected chi connectivity index (χ1v) is 6.38. The van der Waals surface area contributed by atoms with Gasteiger partial charge in [-0.2, -0.15) is 0 Å². The summed E-state index contributed by atoms with van der Waals surface area (Å²) in [7, 11) is 0. The fourth-order valence-corrected chi connectivity index (χ4v) is 1.31. The SMILES string of the molecule is CC(C)c1cc(NCC(C)(C)C(C)C)ncn1. The summed E-state index contributed by atoms with van der Waals surface area (Å²) in [5.41, 5.74) is 1.35. The third-order valence-corrected chi connectivity index (χ3v) is 3.57. The molecule has 0 saturated heterocycles. The lowest BCUT2D eigenvalue weighted by molar-refractivity contribution is 0.269. The van der Waals surface area contributed by atoms with Crippen LogP contribution in [-0.2, 0) is 0 Å². The highest BCUT2D eigenvalue weighted by molar-refractivity contribution is 5.35. The first-order chi connectivity index (χ1) is 7.83. The fraction of sp³-hybridized carbons (Fsp3) is 0.714. The molecular weight excluding hydrogens is 210 g/mol. The highest BCUT2D eigenvalue weighted by Gasteiger charge is 2.22. The Morgan fingerprint density at radius 3 is 2.35 bits per heavy atom. The van der Waals surface area contributed by atoms with E-state index in [9.17, 15) is 0 Å². The second kappa shape index (κ2) is 5.48. The lowest BCUT2D eigenvalue weighted by Crippen LogP contribution is -2.28. The zero-order valence-electron chi connectivity index (χ0n) is 11.9. The van der Waals surface area contributed by atoms with Crippen LogP contribution >= 0.6 is 0 Å². The van der Waals surface area contributed by atoms with Crippen LogP contribution in [0.25, 0.3) is 0 Å². The smallest absolute Gasteiger partial charge is 0.129 e. The Bertz CT molecular complexity index is 356. The molecule has 0 unspecified atom stereocenters. The van der Waals surface area contributed by atoms with Crippen LogP contribution in [0, 0.1) is 11.3 Å². The minimum absolute atomic E-state index is 0.267. The number of nitrogens with zero attached hydrogens (tertiary/aromatic N) is 2. The van der Waals surface area contributed by atoms with Gasteiger partial charge in [0.1, 0.15) is 12.1 Å². The molecule has 0 amide bonds. The molecular formula is C14H25N3. The third kappa shape index (κ3) is 3.99. The minimum atomic E-state index is 0.267. The van der Waals surface area contributed by atoms with Gasteiger partial charge in [0, 0.05) is 18.3 Å². The summed E-state index contributed by atoms with van der Waals surface area (Å²) in [6, 6.07) is 2.04. The van der Waals surface area contributed by atoms with Gasteiger partial charge in [0.2, 0.25) is 0 Å². The molecule has 1 N–H and O–H groups in total. The maximum atomic E-state index is 4.27. The molecule has 1 heterocycles. The van der Waals surface area contributed by atoms with Gasteiger partial charge in [0.25, 0.3) is 0 Å². The minimum Gasteiger partial charge on any atom is -0.369 e. The van der Waals surface area contributed by atoms with Gasteiger partial charge < -0.3 is 5.32 Å². The quantitative estimate of drug-likeness (QED) is 0.845. The van der Waals surface area contributed by atoms with E-state index in [2.05, 4.69) is 56.8 Å². The van der Waals surface area contributed by atoms with Crippen molar-refractivity contribution in [1.29, 1.82) is 0 Å². The molecule has 0 spiro atoms. The Hall–Kier alpha value is -1.12. The molecule has 0 aliphatic rings. The van der Waals surface area contributed by atoms with Crippen molar-refractivity contribution in [3.8, 4) is 0 Å². The lowest BCUT2D eigenvalue weighted by atomic mass is 9.81. The first kappa shape index (κ1) is 13.9. The first-order valence-electron chi connectivity index (χ1n) is 6.38. The number of aromatic nitrogens is 2. The molecule has 96 valence electrons. The molecule has 3 nitrogen and oxygen atoms in total. The van der Waals surface area contributed by atoms with Gasteiger partial charge in [0.15, 0.2) is 0 Å². The van der Waals surface area contributed by atoms with Gasteiger partial charge in [0.05, 0.1) is 0 Å². The van der Waals surface area contributed by atoms with Crippen molar-refractivity contribution >= 4 is 5.82 Å². The van der Waals surface area contributed by atoms with E-state index in [0.717, 1.165) is 18.1 Å². The summed E-state index contributed by atoms with van der Waals surface area (Å²) >= 11 is 0. The third-order valence-electron chi connectivity index (χ3n) is 3.57. The van der Waals surface area contributed by atoms with Gasteiger partial charge >= 0.3 is 0 Å². The summed E-state index contributed by atoms with van der Waals surface area (Å²) in [6.45, 7) is 14.3. The largest absolute Gasteiger partial charge is 0.369 e. The number of nitrogens with one attached hydrogen (secondary N) is 1. The topological polar surface area (TPSA) is 37.8 Å². The standard InChI is InChI=1S/C14H25N3/c1-10(2)12-7-13(17-9-16-12)15-8-14(5,6)11(3)4/h7,9-11H,8H2,1-6H3,(H,15,16,17).